The summed E-state index contributed by atoms with van der Waals surface area (Å²) in [4.78, 5) is 0. The molecule has 4 rings (SSSR count). The van der Waals surface area contributed by atoms with Crippen LogP contribution in [0.5, 0.6) is 11.5 Å². The van der Waals surface area contributed by atoms with Crippen molar-refractivity contribution in [2.24, 2.45) is 0 Å². The number of aromatic nitrogens is 1. The summed E-state index contributed by atoms with van der Waals surface area (Å²) in [6, 6.07) is 6.53. The number of rotatable bonds is 0. The Morgan fingerprint density at radius 3 is 2.63 bits per heavy atom. The van der Waals surface area contributed by atoms with Crippen LogP contribution in [0.15, 0.2) is 24.4 Å². The highest BCUT2D eigenvalue weighted by molar-refractivity contribution is 5.68. The topological polar surface area (TPSA) is 22.3 Å². The molecule has 1 aromatic carbocycles. The van der Waals surface area contributed by atoms with Crippen molar-refractivity contribution in [1.82, 2.24) is 0 Å². The number of ether oxygens (including phenoxy) is 2. The second-order valence-electron chi connectivity index (χ2n) is 5.33. The van der Waals surface area contributed by atoms with Crippen molar-refractivity contribution >= 4 is 0 Å². The van der Waals surface area contributed by atoms with Crippen LogP contribution < -0.4 is 14.0 Å². The zero-order chi connectivity index (χ0) is 13.0. The Labute approximate surface area is 112 Å². The fourth-order valence-electron chi connectivity index (χ4n) is 2.89. The van der Waals surface area contributed by atoms with Crippen LogP contribution in [0, 0.1) is 13.8 Å². The Bertz CT molecular complexity index is 692. The molecule has 2 aliphatic heterocycles. The van der Waals surface area contributed by atoms with Crippen LogP contribution in [-0.4, -0.2) is 6.79 Å². The van der Waals surface area contributed by atoms with Gasteiger partial charge in [0.25, 0.3) is 0 Å². The second-order valence-corrected chi connectivity index (χ2v) is 5.33. The van der Waals surface area contributed by atoms with Gasteiger partial charge in [-0.3, -0.25) is 0 Å². The molecule has 3 nitrogen and oxygen atoms in total. The molecule has 0 fully saturated rings. The van der Waals surface area contributed by atoms with Gasteiger partial charge >= 0.3 is 0 Å². The van der Waals surface area contributed by atoms with Crippen LogP contribution in [0.2, 0.25) is 0 Å². The Kier molecular flexibility index (Phi) is 2.13. The summed E-state index contributed by atoms with van der Waals surface area (Å²) < 4.78 is 13.3. The molecule has 2 aromatic rings. The normalized spacial score (nSPS) is 15.1. The molecule has 0 spiro atoms. The third-order valence-corrected chi connectivity index (χ3v) is 4.13. The van der Waals surface area contributed by atoms with E-state index in [-0.39, 0.29) is 0 Å². The molecule has 0 aliphatic carbocycles. The summed E-state index contributed by atoms with van der Waals surface area (Å²) in [5.74, 6) is 1.75. The van der Waals surface area contributed by atoms with Gasteiger partial charge in [0.15, 0.2) is 24.2 Å². The lowest BCUT2D eigenvalue weighted by atomic mass is 9.95. The third kappa shape index (κ3) is 1.54. The number of hydrogen-bond donors (Lipinski definition) is 0. The molecule has 0 saturated carbocycles. The molecule has 0 unspecified atom stereocenters. The van der Waals surface area contributed by atoms with Gasteiger partial charge < -0.3 is 9.47 Å². The van der Waals surface area contributed by atoms with E-state index in [1.54, 1.807) is 0 Å². The molecule has 0 N–H and O–H groups in total. The minimum Gasteiger partial charge on any atom is -0.454 e. The maximum atomic E-state index is 5.50. The third-order valence-electron chi connectivity index (χ3n) is 4.13. The molecule has 19 heavy (non-hydrogen) atoms. The summed E-state index contributed by atoms with van der Waals surface area (Å²) in [7, 11) is 0. The maximum Gasteiger partial charge on any atom is 0.231 e. The molecule has 0 atom stereocenters. The van der Waals surface area contributed by atoms with Crippen molar-refractivity contribution in [3.63, 3.8) is 0 Å². The van der Waals surface area contributed by atoms with E-state index in [0.29, 0.717) is 6.79 Å². The van der Waals surface area contributed by atoms with E-state index < -0.39 is 0 Å². The SMILES string of the molecule is Cc1cc2[n+](cc1C)CCc1cc3c(cc1-2)OCO3. The summed E-state index contributed by atoms with van der Waals surface area (Å²) in [5.41, 5.74) is 6.58. The van der Waals surface area contributed by atoms with Gasteiger partial charge in [0.1, 0.15) is 0 Å². The molecule has 96 valence electrons. The molecule has 0 amide bonds. The monoisotopic (exact) mass is 254 g/mol. The first-order valence-electron chi connectivity index (χ1n) is 6.66. The fourth-order valence-corrected chi connectivity index (χ4v) is 2.89. The number of pyridine rings is 1. The Morgan fingerprint density at radius 1 is 1.00 bits per heavy atom. The van der Waals surface area contributed by atoms with Crippen molar-refractivity contribution in [3.05, 3.63) is 41.1 Å². The zero-order valence-corrected chi connectivity index (χ0v) is 11.2. The predicted molar refractivity (Wildman–Crippen MR) is 71.4 cm³/mol. The van der Waals surface area contributed by atoms with Crippen molar-refractivity contribution in [2.45, 2.75) is 26.8 Å². The number of aryl methyl sites for hydroxylation is 4. The van der Waals surface area contributed by atoms with Crippen LogP contribution in [0.3, 0.4) is 0 Å². The number of hydrogen-bond acceptors (Lipinski definition) is 2. The molecule has 2 aliphatic rings. The highest BCUT2D eigenvalue weighted by Gasteiger charge is 2.27. The van der Waals surface area contributed by atoms with Crippen molar-refractivity contribution in [1.29, 1.82) is 0 Å². The van der Waals surface area contributed by atoms with Gasteiger partial charge in [0.2, 0.25) is 12.5 Å². The minimum atomic E-state index is 0.338. The number of benzene rings is 1. The molecular weight excluding hydrogens is 238 g/mol. The van der Waals surface area contributed by atoms with Crippen LogP contribution in [-0.2, 0) is 13.0 Å². The quantitative estimate of drug-likeness (QED) is 0.674. The minimum absolute atomic E-state index is 0.338. The van der Waals surface area contributed by atoms with Gasteiger partial charge in [-0.2, -0.15) is 4.57 Å². The molecule has 3 heterocycles. The molecular formula is C16H16NO2+. The second kappa shape index (κ2) is 3.73. The van der Waals surface area contributed by atoms with E-state index >= 15 is 0 Å². The predicted octanol–water partition coefficient (Wildman–Crippen LogP) is 2.54. The number of nitrogens with zero attached hydrogens (tertiary/aromatic N) is 1. The van der Waals surface area contributed by atoms with E-state index in [0.717, 1.165) is 24.5 Å². The average Bonchev–Trinajstić information content (AvgIpc) is 2.85. The van der Waals surface area contributed by atoms with Crippen LogP contribution in [0.4, 0.5) is 0 Å². The van der Waals surface area contributed by atoms with Crippen LogP contribution >= 0.6 is 0 Å². The van der Waals surface area contributed by atoms with Gasteiger partial charge in [-0.25, -0.2) is 0 Å². The van der Waals surface area contributed by atoms with Crippen molar-refractivity contribution < 1.29 is 14.0 Å². The van der Waals surface area contributed by atoms with E-state index in [1.807, 2.05) is 0 Å². The Hall–Kier alpha value is -2.03. The lowest BCUT2D eigenvalue weighted by molar-refractivity contribution is -0.688. The number of fused-ring (bicyclic) bond motifs is 4. The Morgan fingerprint density at radius 2 is 1.79 bits per heavy atom. The summed E-state index contributed by atoms with van der Waals surface area (Å²) in [6.07, 6.45) is 3.30. The van der Waals surface area contributed by atoms with E-state index in [1.165, 1.54) is 27.9 Å². The highest BCUT2D eigenvalue weighted by Crippen LogP contribution is 2.39. The van der Waals surface area contributed by atoms with Crippen molar-refractivity contribution in [3.8, 4) is 22.8 Å². The summed E-state index contributed by atoms with van der Waals surface area (Å²) in [5, 5.41) is 0. The highest BCUT2D eigenvalue weighted by atomic mass is 16.7. The first-order valence-corrected chi connectivity index (χ1v) is 6.66. The van der Waals surface area contributed by atoms with Gasteiger partial charge in [-0.15, -0.1) is 0 Å². The van der Waals surface area contributed by atoms with Gasteiger partial charge in [-0.05, 0) is 37.1 Å². The zero-order valence-electron chi connectivity index (χ0n) is 11.2. The first kappa shape index (κ1) is 10.9. The smallest absolute Gasteiger partial charge is 0.231 e. The van der Waals surface area contributed by atoms with Gasteiger partial charge in [0, 0.05) is 18.1 Å². The van der Waals surface area contributed by atoms with Crippen LogP contribution in [0.1, 0.15) is 16.7 Å². The standard InChI is InChI=1S/C16H16NO2/c1-10-5-14-13-7-16-15(18-9-19-16)6-12(13)3-4-17(14)8-11(10)2/h5-8H,3-4,9H2,1-2H3/q+1. The lowest BCUT2D eigenvalue weighted by Gasteiger charge is -2.16. The first-order chi connectivity index (χ1) is 9.22. The van der Waals surface area contributed by atoms with Crippen molar-refractivity contribution in [2.75, 3.05) is 6.79 Å². The maximum absolute atomic E-state index is 5.50. The molecule has 3 heteroatoms. The van der Waals surface area contributed by atoms with Crippen LogP contribution in [0.25, 0.3) is 11.3 Å². The van der Waals surface area contributed by atoms with E-state index in [9.17, 15) is 0 Å². The van der Waals surface area contributed by atoms with Gasteiger partial charge in [-0.1, -0.05) is 0 Å². The molecule has 1 aromatic heterocycles. The molecule has 0 bridgehead atoms. The van der Waals surface area contributed by atoms with E-state index in [2.05, 4.69) is 42.8 Å². The van der Waals surface area contributed by atoms with Gasteiger partial charge in [0.05, 0.1) is 5.56 Å². The summed E-state index contributed by atoms with van der Waals surface area (Å²) in [6.45, 7) is 5.70. The molecule has 0 radical (unpaired) electrons. The summed E-state index contributed by atoms with van der Waals surface area (Å²) >= 11 is 0. The van der Waals surface area contributed by atoms with E-state index in [4.69, 9.17) is 9.47 Å². The molecule has 0 saturated heterocycles. The Balaban J connectivity index is 1.96. The average molecular weight is 254 g/mol. The largest absolute Gasteiger partial charge is 0.454 e. The fraction of sp³-hybridized carbons (Fsp3) is 0.312. The lowest BCUT2D eigenvalue weighted by Crippen LogP contribution is -2.40.